The highest BCUT2D eigenvalue weighted by molar-refractivity contribution is 5.95. The SMILES string of the molecule is CCc1ccccc1NC(=O)C1CCC(C(=O)Nc2ccccc2F)CC1. The van der Waals surface area contributed by atoms with Gasteiger partial charge in [-0.25, -0.2) is 4.39 Å². The molecule has 1 aliphatic rings. The molecule has 0 radical (unpaired) electrons. The summed E-state index contributed by atoms with van der Waals surface area (Å²) in [5.74, 6) is -0.864. The number of hydrogen-bond donors (Lipinski definition) is 2. The molecule has 1 saturated carbocycles. The fourth-order valence-corrected chi connectivity index (χ4v) is 3.60. The molecule has 0 spiro atoms. The van der Waals surface area contributed by atoms with Gasteiger partial charge in [0.05, 0.1) is 5.69 Å². The zero-order valence-electron chi connectivity index (χ0n) is 15.5. The quantitative estimate of drug-likeness (QED) is 0.798. The Morgan fingerprint density at radius 3 is 1.89 bits per heavy atom. The van der Waals surface area contributed by atoms with E-state index in [0.717, 1.165) is 17.7 Å². The number of nitrogens with one attached hydrogen (secondary N) is 2. The van der Waals surface area contributed by atoms with Crippen LogP contribution < -0.4 is 10.6 Å². The molecule has 2 N–H and O–H groups in total. The lowest BCUT2D eigenvalue weighted by molar-refractivity contribution is -0.125. The highest BCUT2D eigenvalue weighted by Crippen LogP contribution is 2.31. The van der Waals surface area contributed by atoms with Crippen molar-refractivity contribution in [1.29, 1.82) is 0 Å². The van der Waals surface area contributed by atoms with E-state index < -0.39 is 5.82 Å². The van der Waals surface area contributed by atoms with Crippen molar-refractivity contribution in [2.75, 3.05) is 10.6 Å². The van der Waals surface area contributed by atoms with Crippen molar-refractivity contribution in [3.8, 4) is 0 Å². The van der Waals surface area contributed by atoms with E-state index in [1.165, 1.54) is 6.07 Å². The van der Waals surface area contributed by atoms with Gasteiger partial charge in [0.2, 0.25) is 11.8 Å². The molecule has 0 aromatic heterocycles. The van der Waals surface area contributed by atoms with E-state index in [1.54, 1.807) is 18.2 Å². The van der Waals surface area contributed by atoms with Gasteiger partial charge < -0.3 is 10.6 Å². The molecule has 5 heteroatoms. The minimum atomic E-state index is -0.437. The van der Waals surface area contributed by atoms with Gasteiger partial charge in [-0.2, -0.15) is 0 Å². The molecule has 0 bridgehead atoms. The molecule has 0 unspecified atom stereocenters. The topological polar surface area (TPSA) is 58.2 Å². The summed E-state index contributed by atoms with van der Waals surface area (Å²) in [4.78, 5) is 25.0. The Balaban J connectivity index is 1.53. The molecule has 142 valence electrons. The van der Waals surface area contributed by atoms with Crippen molar-refractivity contribution in [1.82, 2.24) is 0 Å². The largest absolute Gasteiger partial charge is 0.326 e. The van der Waals surface area contributed by atoms with E-state index in [4.69, 9.17) is 0 Å². The summed E-state index contributed by atoms with van der Waals surface area (Å²) in [7, 11) is 0. The molecule has 2 amide bonds. The standard InChI is InChI=1S/C22H25FN2O2/c1-2-15-7-3-5-9-19(15)24-21(26)16-11-13-17(14-12-16)22(27)25-20-10-6-4-8-18(20)23/h3-10,16-17H,2,11-14H2,1H3,(H,24,26)(H,25,27). The minimum absolute atomic E-state index is 0.0175. The number of amides is 2. The second-order valence-corrected chi connectivity index (χ2v) is 7.02. The van der Waals surface area contributed by atoms with Gasteiger partial charge in [-0.1, -0.05) is 37.3 Å². The van der Waals surface area contributed by atoms with Crippen LogP contribution in [0.25, 0.3) is 0 Å². The molecule has 1 fully saturated rings. The van der Waals surface area contributed by atoms with Crippen LogP contribution >= 0.6 is 0 Å². The first-order valence-electron chi connectivity index (χ1n) is 9.52. The lowest BCUT2D eigenvalue weighted by Gasteiger charge is -2.27. The van der Waals surface area contributed by atoms with E-state index in [-0.39, 0.29) is 29.3 Å². The molecular weight excluding hydrogens is 343 g/mol. The molecule has 4 nitrogen and oxygen atoms in total. The third-order valence-corrected chi connectivity index (χ3v) is 5.26. The van der Waals surface area contributed by atoms with Crippen molar-refractivity contribution in [2.24, 2.45) is 11.8 Å². The maximum Gasteiger partial charge on any atom is 0.227 e. The van der Waals surface area contributed by atoms with Crippen LogP contribution in [-0.2, 0) is 16.0 Å². The molecule has 1 aliphatic carbocycles. The molecule has 0 atom stereocenters. The van der Waals surface area contributed by atoms with E-state index in [9.17, 15) is 14.0 Å². The van der Waals surface area contributed by atoms with Crippen LogP contribution in [0.3, 0.4) is 0 Å². The zero-order valence-corrected chi connectivity index (χ0v) is 15.5. The molecule has 2 aromatic carbocycles. The predicted molar refractivity (Wildman–Crippen MR) is 105 cm³/mol. The maximum atomic E-state index is 13.7. The summed E-state index contributed by atoms with van der Waals surface area (Å²) in [6.07, 6.45) is 3.45. The van der Waals surface area contributed by atoms with Crippen LogP contribution in [0.4, 0.5) is 15.8 Å². The number of carbonyl (C=O) groups is 2. The second kappa shape index (κ2) is 8.80. The predicted octanol–water partition coefficient (Wildman–Crippen LogP) is 4.77. The van der Waals surface area contributed by atoms with Crippen molar-refractivity contribution < 1.29 is 14.0 Å². The van der Waals surface area contributed by atoms with E-state index >= 15 is 0 Å². The normalized spacial score (nSPS) is 19.3. The van der Waals surface area contributed by atoms with Crippen LogP contribution in [0.1, 0.15) is 38.2 Å². The highest BCUT2D eigenvalue weighted by Gasteiger charge is 2.30. The molecule has 0 aliphatic heterocycles. The first-order valence-corrected chi connectivity index (χ1v) is 9.52. The van der Waals surface area contributed by atoms with Gasteiger partial charge in [0.15, 0.2) is 0 Å². The number of anilines is 2. The smallest absolute Gasteiger partial charge is 0.227 e. The third kappa shape index (κ3) is 4.73. The number of halogens is 1. The highest BCUT2D eigenvalue weighted by atomic mass is 19.1. The van der Waals surface area contributed by atoms with Gasteiger partial charge in [-0.15, -0.1) is 0 Å². The van der Waals surface area contributed by atoms with Crippen molar-refractivity contribution in [3.05, 3.63) is 59.9 Å². The molecule has 0 heterocycles. The van der Waals surface area contributed by atoms with Gasteiger partial charge in [0.25, 0.3) is 0 Å². The van der Waals surface area contributed by atoms with Crippen LogP contribution in [-0.4, -0.2) is 11.8 Å². The first kappa shape index (κ1) is 19.1. The first-order chi connectivity index (χ1) is 13.1. The summed E-state index contributed by atoms with van der Waals surface area (Å²) in [6.45, 7) is 2.06. The number of benzene rings is 2. The number of para-hydroxylation sites is 2. The average Bonchev–Trinajstić information content (AvgIpc) is 2.70. The van der Waals surface area contributed by atoms with Gasteiger partial charge in [-0.05, 0) is 55.9 Å². The fraction of sp³-hybridized carbons (Fsp3) is 0.364. The lowest BCUT2D eigenvalue weighted by atomic mass is 9.81. The molecule has 2 aromatic rings. The molecular formula is C22H25FN2O2. The van der Waals surface area contributed by atoms with Crippen molar-refractivity contribution in [3.63, 3.8) is 0 Å². The van der Waals surface area contributed by atoms with Crippen molar-refractivity contribution >= 4 is 23.2 Å². The maximum absolute atomic E-state index is 13.7. The van der Waals surface area contributed by atoms with Crippen molar-refractivity contribution in [2.45, 2.75) is 39.0 Å². The summed E-state index contributed by atoms with van der Waals surface area (Å²) in [6, 6.07) is 14.0. The minimum Gasteiger partial charge on any atom is -0.326 e. The Kier molecular flexibility index (Phi) is 6.22. The van der Waals surface area contributed by atoms with Gasteiger partial charge >= 0.3 is 0 Å². The Morgan fingerprint density at radius 2 is 1.33 bits per heavy atom. The number of carbonyl (C=O) groups excluding carboxylic acids is 2. The fourth-order valence-electron chi connectivity index (χ4n) is 3.60. The van der Waals surface area contributed by atoms with Crippen LogP contribution in [0.2, 0.25) is 0 Å². The summed E-state index contributed by atoms with van der Waals surface area (Å²) >= 11 is 0. The van der Waals surface area contributed by atoms with Crippen LogP contribution in [0, 0.1) is 17.7 Å². The zero-order chi connectivity index (χ0) is 19.2. The summed E-state index contributed by atoms with van der Waals surface area (Å²) < 4.78 is 13.7. The molecule has 27 heavy (non-hydrogen) atoms. The lowest BCUT2D eigenvalue weighted by Crippen LogP contribution is -2.32. The van der Waals surface area contributed by atoms with Gasteiger partial charge in [0, 0.05) is 17.5 Å². The Bertz CT molecular complexity index is 813. The van der Waals surface area contributed by atoms with E-state index in [1.807, 2.05) is 24.3 Å². The van der Waals surface area contributed by atoms with Gasteiger partial charge in [-0.3, -0.25) is 9.59 Å². The molecule has 3 rings (SSSR count). The summed E-state index contributed by atoms with van der Waals surface area (Å²) in [5, 5.41) is 5.70. The Hall–Kier alpha value is -2.69. The van der Waals surface area contributed by atoms with E-state index in [2.05, 4.69) is 17.6 Å². The Labute approximate surface area is 159 Å². The second-order valence-electron chi connectivity index (χ2n) is 7.02. The van der Waals surface area contributed by atoms with E-state index in [0.29, 0.717) is 25.7 Å². The average molecular weight is 368 g/mol. The monoisotopic (exact) mass is 368 g/mol. The number of rotatable bonds is 5. The molecule has 0 saturated heterocycles. The number of hydrogen-bond acceptors (Lipinski definition) is 2. The van der Waals surface area contributed by atoms with Crippen LogP contribution in [0.15, 0.2) is 48.5 Å². The number of aryl methyl sites for hydroxylation is 1. The third-order valence-electron chi connectivity index (χ3n) is 5.26. The van der Waals surface area contributed by atoms with Gasteiger partial charge in [0.1, 0.15) is 5.82 Å². The summed E-state index contributed by atoms with van der Waals surface area (Å²) in [5.41, 5.74) is 2.19. The Morgan fingerprint density at radius 1 is 0.852 bits per heavy atom. The van der Waals surface area contributed by atoms with Crippen LogP contribution in [0.5, 0.6) is 0 Å².